The molecule has 5 heteroatoms. The first kappa shape index (κ1) is 14.4. The smallest absolute Gasteiger partial charge is 0.318 e. The number of carbonyl (C=O) groups excluding carboxylic acids is 1. The number of amides is 2. The molecular weight excluding hydrogens is 252 g/mol. The first-order valence-corrected chi connectivity index (χ1v) is 7.02. The predicted molar refractivity (Wildman–Crippen MR) is 79.6 cm³/mol. The number of piperidine rings is 1. The largest absolute Gasteiger partial charge is 0.386 e. The van der Waals surface area contributed by atoms with Crippen LogP contribution in [-0.4, -0.2) is 29.9 Å². The van der Waals surface area contributed by atoms with Crippen molar-refractivity contribution in [1.29, 1.82) is 5.41 Å². The van der Waals surface area contributed by atoms with E-state index in [1.807, 2.05) is 35.2 Å². The molecule has 5 nitrogen and oxygen atoms in total. The summed E-state index contributed by atoms with van der Waals surface area (Å²) in [4.78, 5) is 14.1. The zero-order valence-electron chi connectivity index (χ0n) is 11.8. The topological polar surface area (TPSA) is 82.2 Å². The number of benzene rings is 1. The Labute approximate surface area is 119 Å². The molecule has 1 heterocycles. The lowest BCUT2D eigenvalue weighted by Gasteiger charge is -2.32. The van der Waals surface area contributed by atoms with Crippen LogP contribution in [0.4, 0.5) is 4.79 Å². The summed E-state index contributed by atoms with van der Waals surface area (Å²) in [6.45, 7) is 3.69. The average Bonchev–Trinajstić information content (AvgIpc) is 2.45. The van der Waals surface area contributed by atoms with E-state index < -0.39 is 6.04 Å². The number of amidine groups is 1. The number of urea groups is 1. The number of nitrogens with two attached hydrogens (primary N) is 1. The third-order valence-corrected chi connectivity index (χ3v) is 3.66. The van der Waals surface area contributed by atoms with Crippen LogP contribution < -0.4 is 11.1 Å². The average molecular weight is 274 g/mol. The van der Waals surface area contributed by atoms with Crippen molar-refractivity contribution in [2.75, 3.05) is 13.1 Å². The monoisotopic (exact) mass is 274 g/mol. The highest BCUT2D eigenvalue weighted by atomic mass is 16.2. The maximum Gasteiger partial charge on any atom is 0.318 e. The molecule has 1 aliphatic heterocycles. The minimum absolute atomic E-state index is 0.0467. The van der Waals surface area contributed by atoms with Gasteiger partial charge in [0.1, 0.15) is 11.9 Å². The highest BCUT2D eigenvalue weighted by Crippen LogP contribution is 2.17. The second kappa shape index (κ2) is 6.41. The van der Waals surface area contributed by atoms with Crippen molar-refractivity contribution in [3.05, 3.63) is 35.9 Å². The normalized spacial score (nSPS) is 20.2. The molecule has 108 valence electrons. The summed E-state index contributed by atoms with van der Waals surface area (Å²) in [5.41, 5.74) is 6.46. The number of carbonyl (C=O) groups is 1. The predicted octanol–water partition coefficient (Wildman–Crippen LogP) is 2.11. The van der Waals surface area contributed by atoms with Crippen LogP contribution in [0.15, 0.2) is 30.3 Å². The van der Waals surface area contributed by atoms with Crippen molar-refractivity contribution in [3.63, 3.8) is 0 Å². The number of nitrogens with one attached hydrogen (secondary N) is 2. The van der Waals surface area contributed by atoms with Gasteiger partial charge < -0.3 is 16.0 Å². The van der Waals surface area contributed by atoms with Crippen molar-refractivity contribution in [3.8, 4) is 0 Å². The highest BCUT2D eigenvalue weighted by Gasteiger charge is 2.24. The van der Waals surface area contributed by atoms with Crippen molar-refractivity contribution in [2.45, 2.75) is 25.8 Å². The molecule has 1 aromatic rings. The summed E-state index contributed by atoms with van der Waals surface area (Å²) in [5.74, 6) is 0.483. The van der Waals surface area contributed by atoms with Gasteiger partial charge in [-0.25, -0.2) is 4.79 Å². The van der Waals surface area contributed by atoms with Crippen molar-refractivity contribution >= 4 is 11.9 Å². The number of hydrogen-bond acceptors (Lipinski definition) is 2. The lowest BCUT2D eigenvalue weighted by molar-refractivity contribution is 0.168. The van der Waals surface area contributed by atoms with E-state index in [9.17, 15) is 4.79 Å². The maximum atomic E-state index is 12.3. The van der Waals surface area contributed by atoms with E-state index in [1.165, 1.54) is 6.42 Å². The van der Waals surface area contributed by atoms with Gasteiger partial charge in [0.25, 0.3) is 0 Å². The molecule has 1 fully saturated rings. The maximum absolute atomic E-state index is 12.3. The Bertz CT molecular complexity index is 474. The zero-order valence-corrected chi connectivity index (χ0v) is 11.8. The van der Waals surface area contributed by atoms with Gasteiger partial charge in [-0.05, 0) is 24.3 Å². The Balaban J connectivity index is 2.05. The molecular formula is C15H22N4O. The minimum Gasteiger partial charge on any atom is -0.386 e. The molecule has 0 radical (unpaired) electrons. The van der Waals surface area contributed by atoms with E-state index in [1.54, 1.807) is 0 Å². The van der Waals surface area contributed by atoms with Gasteiger partial charge in [0, 0.05) is 13.1 Å². The van der Waals surface area contributed by atoms with E-state index in [2.05, 4.69) is 12.2 Å². The molecule has 0 bridgehead atoms. The van der Waals surface area contributed by atoms with Crippen LogP contribution in [-0.2, 0) is 0 Å². The molecule has 0 aliphatic carbocycles. The van der Waals surface area contributed by atoms with E-state index in [-0.39, 0.29) is 11.9 Å². The van der Waals surface area contributed by atoms with Crippen LogP contribution in [0.3, 0.4) is 0 Å². The molecule has 2 unspecified atom stereocenters. The van der Waals surface area contributed by atoms with Crippen molar-refractivity contribution in [1.82, 2.24) is 10.2 Å². The fourth-order valence-electron chi connectivity index (χ4n) is 2.57. The molecule has 0 saturated carbocycles. The highest BCUT2D eigenvalue weighted by molar-refractivity contribution is 5.88. The van der Waals surface area contributed by atoms with Gasteiger partial charge in [-0.3, -0.25) is 5.41 Å². The van der Waals surface area contributed by atoms with E-state index >= 15 is 0 Å². The standard InChI is InChI=1S/C15H22N4O/c1-11-6-5-9-19(10-11)15(20)18-13(14(16)17)12-7-3-2-4-8-12/h2-4,7-8,11,13H,5-6,9-10H2,1H3,(H3,16,17)(H,18,20). The molecule has 1 saturated heterocycles. The fraction of sp³-hybridized carbons (Fsp3) is 0.467. The van der Waals surface area contributed by atoms with Crippen LogP contribution in [0.1, 0.15) is 31.4 Å². The van der Waals surface area contributed by atoms with Crippen LogP contribution in [0.25, 0.3) is 0 Å². The Hall–Kier alpha value is -2.04. The quantitative estimate of drug-likeness (QED) is 0.582. The molecule has 0 aromatic heterocycles. The number of nitrogens with zero attached hydrogens (tertiary/aromatic N) is 1. The molecule has 0 spiro atoms. The second-order valence-corrected chi connectivity index (χ2v) is 5.44. The number of rotatable bonds is 3. The van der Waals surface area contributed by atoms with Crippen LogP contribution in [0.5, 0.6) is 0 Å². The molecule has 2 rings (SSSR count). The van der Waals surface area contributed by atoms with E-state index in [0.717, 1.165) is 25.1 Å². The molecule has 2 atom stereocenters. The number of likely N-dealkylation sites (tertiary alicyclic amines) is 1. The summed E-state index contributed by atoms with van der Waals surface area (Å²) >= 11 is 0. The third-order valence-electron chi connectivity index (χ3n) is 3.66. The van der Waals surface area contributed by atoms with Gasteiger partial charge in [0.15, 0.2) is 0 Å². The zero-order chi connectivity index (χ0) is 14.5. The van der Waals surface area contributed by atoms with E-state index in [4.69, 9.17) is 11.1 Å². The molecule has 2 amide bonds. The second-order valence-electron chi connectivity index (χ2n) is 5.44. The van der Waals surface area contributed by atoms with Crippen molar-refractivity contribution in [2.24, 2.45) is 11.7 Å². The lowest BCUT2D eigenvalue weighted by atomic mass is 10.0. The molecule has 1 aromatic carbocycles. The molecule has 4 N–H and O–H groups in total. The van der Waals surface area contributed by atoms with Gasteiger partial charge in [-0.1, -0.05) is 37.3 Å². The minimum atomic E-state index is -0.555. The van der Waals surface area contributed by atoms with Gasteiger partial charge in [-0.15, -0.1) is 0 Å². The Morgan fingerprint density at radius 1 is 1.45 bits per heavy atom. The lowest BCUT2D eigenvalue weighted by Crippen LogP contribution is -2.48. The Morgan fingerprint density at radius 3 is 2.75 bits per heavy atom. The summed E-state index contributed by atoms with van der Waals surface area (Å²) in [6, 6.07) is 8.69. The first-order chi connectivity index (χ1) is 9.58. The summed E-state index contributed by atoms with van der Waals surface area (Å²) in [6.07, 6.45) is 2.20. The van der Waals surface area contributed by atoms with Crippen LogP contribution in [0, 0.1) is 11.3 Å². The molecule has 20 heavy (non-hydrogen) atoms. The van der Waals surface area contributed by atoms with Crippen molar-refractivity contribution < 1.29 is 4.79 Å². The number of hydrogen-bond donors (Lipinski definition) is 3. The van der Waals surface area contributed by atoms with Gasteiger partial charge in [0.05, 0.1) is 0 Å². The fourth-order valence-corrected chi connectivity index (χ4v) is 2.57. The Morgan fingerprint density at radius 2 is 2.15 bits per heavy atom. The van der Waals surface area contributed by atoms with Gasteiger partial charge in [0.2, 0.25) is 0 Å². The van der Waals surface area contributed by atoms with Gasteiger partial charge >= 0.3 is 6.03 Å². The summed E-state index contributed by atoms with van der Waals surface area (Å²) < 4.78 is 0. The third kappa shape index (κ3) is 3.50. The SMILES string of the molecule is CC1CCCN(C(=O)NC(C(=N)N)c2ccccc2)C1. The van der Waals surface area contributed by atoms with E-state index in [0.29, 0.717) is 5.92 Å². The van der Waals surface area contributed by atoms with Crippen LogP contribution >= 0.6 is 0 Å². The summed E-state index contributed by atoms with van der Waals surface area (Å²) in [5, 5.41) is 10.5. The summed E-state index contributed by atoms with van der Waals surface area (Å²) in [7, 11) is 0. The first-order valence-electron chi connectivity index (χ1n) is 7.02. The molecule has 1 aliphatic rings. The van der Waals surface area contributed by atoms with Gasteiger partial charge in [-0.2, -0.15) is 0 Å². The van der Waals surface area contributed by atoms with Crippen LogP contribution in [0.2, 0.25) is 0 Å². The Kier molecular flexibility index (Phi) is 4.61.